The van der Waals surface area contributed by atoms with Crippen molar-refractivity contribution in [2.75, 3.05) is 19.8 Å². The molecule has 2 atom stereocenters. The number of hydrogen-bond donors (Lipinski definition) is 3. The Balaban J connectivity index is 1.81. The van der Waals surface area contributed by atoms with Crippen LogP contribution in [-0.2, 0) is 16.0 Å². The lowest BCUT2D eigenvalue weighted by Gasteiger charge is -2.21. The van der Waals surface area contributed by atoms with Gasteiger partial charge in [-0.3, -0.25) is 0 Å². The topological polar surface area (TPSA) is 88.0 Å². The van der Waals surface area contributed by atoms with E-state index in [1.807, 2.05) is 32.0 Å². The lowest BCUT2D eigenvalue weighted by molar-refractivity contribution is -0.145. The second-order valence-electron chi connectivity index (χ2n) is 6.72. The number of aliphatic hydroxyl groups excluding tert-OH is 1. The first kappa shape index (κ1) is 21.7. The Morgan fingerprint density at radius 1 is 1.18 bits per heavy atom. The zero-order chi connectivity index (χ0) is 20.5. The number of aromatic hydroxyl groups is 1. The zero-order valence-electron chi connectivity index (χ0n) is 16.6. The summed E-state index contributed by atoms with van der Waals surface area (Å²) in [4.78, 5) is 11.4. The number of aliphatic hydroxyl groups is 1. The molecule has 3 N–H and O–H groups in total. The number of nitrogens with one attached hydrogen (secondary N) is 1. The first-order valence-corrected chi connectivity index (χ1v) is 9.49. The number of benzene rings is 2. The molecule has 0 aliphatic rings. The highest BCUT2D eigenvalue weighted by molar-refractivity contribution is 5.71. The third-order valence-electron chi connectivity index (χ3n) is 4.48. The number of rotatable bonds is 10. The van der Waals surface area contributed by atoms with Gasteiger partial charge in [-0.1, -0.05) is 24.3 Å². The van der Waals surface area contributed by atoms with Crippen LogP contribution < -0.4 is 10.1 Å². The van der Waals surface area contributed by atoms with Crippen molar-refractivity contribution in [1.82, 2.24) is 5.32 Å². The predicted molar refractivity (Wildman–Crippen MR) is 108 cm³/mol. The summed E-state index contributed by atoms with van der Waals surface area (Å²) in [5.74, 6) is 0.471. The molecule has 6 nitrogen and oxygen atoms in total. The summed E-state index contributed by atoms with van der Waals surface area (Å²) < 4.78 is 10.4. The minimum atomic E-state index is -0.652. The summed E-state index contributed by atoms with van der Waals surface area (Å²) in [5, 5.41) is 23.1. The van der Waals surface area contributed by atoms with Gasteiger partial charge in [-0.2, -0.15) is 0 Å². The van der Waals surface area contributed by atoms with E-state index in [1.165, 1.54) is 0 Å². The molecule has 0 spiro atoms. The normalized spacial score (nSPS) is 13.0. The van der Waals surface area contributed by atoms with Gasteiger partial charge in [0.25, 0.3) is 0 Å². The van der Waals surface area contributed by atoms with Crippen LogP contribution >= 0.6 is 0 Å². The summed E-state index contributed by atoms with van der Waals surface area (Å²) in [6.07, 6.45) is 0.145. The largest absolute Gasteiger partial charge is 0.508 e. The van der Waals surface area contributed by atoms with Crippen LogP contribution in [0.3, 0.4) is 0 Å². The quantitative estimate of drug-likeness (QED) is 0.544. The van der Waals surface area contributed by atoms with Crippen LogP contribution in [0.15, 0.2) is 42.5 Å². The van der Waals surface area contributed by atoms with E-state index in [0.717, 1.165) is 23.1 Å². The Hall–Kier alpha value is -2.57. The lowest BCUT2D eigenvalue weighted by Crippen LogP contribution is -2.33. The molecule has 0 amide bonds. The molecular weight excluding hydrogens is 358 g/mol. The van der Waals surface area contributed by atoms with Gasteiger partial charge in [0.15, 0.2) is 6.61 Å². The van der Waals surface area contributed by atoms with Crippen molar-refractivity contribution in [2.45, 2.75) is 39.3 Å². The van der Waals surface area contributed by atoms with Crippen molar-refractivity contribution < 1.29 is 24.5 Å². The highest BCUT2D eigenvalue weighted by atomic mass is 16.6. The van der Waals surface area contributed by atoms with Crippen LogP contribution in [0, 0.1) is 6.92 Å². The molecule has 2 aromatic carbocycles. The molecule has 2 rings (SSSR count). The van der Waals surface area contributed by atoms with Gasteiger partial charge in [-0.25, -0.2) is 4.79 Å². The average molecular weight is 387 g/mol. The van der Waals surface area contributed by atoms with E-state index in [0.29, 0.717) is 18.9 Å². The molecular formula is C22H29NO5. The second-order valence-corrected chi connectivity index (χ2v) is 6.72. The van der Waals surface area contributed by atoms with E-state index < -0.39 is 6.10 Å². The van der Waals surface area contributed by atoms with Crippen molar-refractivity contribution in [1.29, 1.82) is 0 Å². The molecule has 0 aliphatic carbocycles. The summed E-state index contributed by atoms with van der Waals surface area (Å²) in [5.41, 5.74) is 2.86. The Bertz CT molecular complexity index is 760. The maximum atomic E-state index is 11.4. The van der Waals surface area contributed by atoms with E-state index in [4.69, 9.17) is 9.47 Å². The second kappa shape index (κ2) is 10.7. The molecule has 28 heavy (non-hydrogen) atoms. The Morgan fingerprint density at radius 3 is 2.54 bits per heavy atom. The molecule has 0 saturated carbocycles. The fourth-order valence-electron chi connectivity index (χ4n) is 2.88. The average Bonchev–Trinajstić information content (AvgIpc) is 2.67. The van der Waals surface area contributed by atoms with Gasteiger partial charge in [0, 0.05) is 6.04 Å². The third-order valence-corrected chi connectivity index (χ3v) is 4.48. The van der Waals surface area contributed by atoms with E-state index in [1.54, 1.807) is 31.2 Å². The number of ether oxygens (including phenoxy) is 2. The van der Waals surface area contributed by atoms with Gasteiger partial charge < -0.3 is 25.0 Å². The van der Waals surface area contributed by atoms with Crippen LogP contribution in [0.2, 0.25) is 0 Å². The highest BCUT2D eigenvalue weighted by Gasteiger charge is 2.15. The minimum Gasteiger partial charge on any atom is -0.508 e. The number of hydrogen-bond acceptors (Lipinski definition) is 6. The number of carbonyl (C=O) groups is 1. The van der Waals surface area contributed by atoms with Crippen molar-refractivity contribution in [3.63, 3.8) is 0 Å². The van der Waals surface area contributed by atoms with Gasteiger partial charge in [-0.15, -0.1) is 0 Å². The fraction of sp³-hybridized carbons (Fsp3) is 0.409. The maximum Gasteiger partial charge on any atom is 0.344 e. The molecule has 6 heteroatoms. The molecule has 0 unspecified atom stereocenters. The summed E-state index contributed by atoms with van der Waals surface area (Å²) in [6, 6.07) is 12.3. The van der Waals surface area contributed by atoms with Gasteiger partial charge >= 0.3 is 5.97 Å². The molecule has 0 fully saturated rings. The van der Waals surface area contributed by atoms with Crippen molar-refractivity contribution in [3.8, 4) is 11.5 Å². The first-order chi connectivity index (χ1) is 13.4. The zero-order valence-corrected chi connectivity index (χ0v) is 16.6. The molecule has 0 radical (unpaired) electrons. The van der Waals surface area contributed by atoms with Crippen LogP contribution in [0.5, 0.6) is 11.5 Å². The van der Waals surface area contributed by atoms with Crippen molar-refractivity contribution in [2.24, 2.45) is 0 Å². The van der Waals surface area contributed by atoms with E-state index in [2.05, 4.69) is 5.32 Å². The number of esters is 1. The minimum absolute atomic E-state index is 0.0950. The summed E-state index contributed by atoms with van der Waals surface area (Å²) in [7, 11) is 0. The number of aryl methyl sites for hydroxylation is 1. The van der Waals surface area contributed by atoms with E-state index >= 15 is 0 Å². The molecule has 0 aromatic heterocycles. The van der Waals surface area contributed by atoms with Gasteiger partial charge in [-0.05, 0) is 68.6 Å². The SMILES string of the molecule is CCOC(=O)COc1ccc(CCN[C@@H](C)[C@H](O)c2ccc(O)cc2)cc1C. The monoisotopic (exact) mass is 387 g/mol. The van der Waals surface area contributed by atoms with E-state index in [-0.39, 0.29) is 24.4 Å². The predicted octanol–water partition coefficient (Wildman–Crippen LogP) is 2.90. The maximum absolute atomic E-state index is 11.4. The Kier molecular flexibility index (Phi) is 8.29. The molecule has 0 saturated heterocycles. The summed E-state index contributed by atoms with van der Waals surface area (Å²) in [6.45, 7) is 6.58. The molecule has 2 aromatic rings. The molecule has 0 heterocycles. The van der Waals surface area contributed by atoms with Gasteiger partial charge in [0.05, 0.1) is 12.7 Å². The van der Waals surface area contributed by atoms with Gasteiger partial charge in [0.2, 0.25) is 0 Å². The Labute approximate surface area is 166 Å². The third kappa shape index (κ3) is 6.55. The number of carbonyl (C=O) groups excluding carboxylic acids is 1. The molecule has 152 valence electrons. The van der Waals surface area contributed by atoms with Crippen molar-refractivity contribution >= 4 is 5.97 Å². The standard InChI is InChI=1S/C22H29NO5/c1-4-27-21(25)14-28-20-10-5-17(13-15(20)2)11-12-23-16(3)22(26)18-6-8-19(24)9-7-18/h5-10,13,16,22-24,26H,4,11-12,14H2,1-3H3/t16-,22-/m0/s1. The Morgan fingerprint density at radius 2 is 1.89 bits per heavy atom. The number of phenolic OH excluding ortho intramolecular Hbond substituents is 1. The smallest absolute Gasteiger partial charge is 0.344 e. The first-order valence-electron chi connectivity index (χ1n) is 9.49. The van der Waals surface area contributed by atoms with Crippen molar-refractivity contribution in [3.05, 3.63) is 59.2 Å². The lowest BCUT2D eigenvalue weighted by atomic mass is 10.0. The summed E-state index contributed by atoms with van der Waals surface area (Å²) >= 11 is 0. The highest BCUT2D eigenvalue weighted by Crippen LogP contribution is 2.21. The van der Waals surface area contributed by atoms with Gasteiger partial charge in [0.1, 0.15) is 11.5 Å². The fourth-order valence-corrected chi connectivity index (χ4v) is 2.88. The van der Waals surface area contributed by atoms with Crippen LogP contribution in [-0.4, -0.2) is 42.0 Å². The van der Waals surface area contributed by atoms with Crippen LogP contribution in [0.1, 0.15) is 36.6 Å². The molecule has 0 aliphatic heterocycles. The van der Waals surface area contributed by atoms with Crippen LogP contribution in [0.4, 0.5) is 0 Å². The number of phenols is 1. The molecule has 0 bridgehead atoms. The van der Waals surface area contributed by atoms with E-state index in [9.17, 15) is 15.0 Å². The van der Waals surface area contributed by atoms with Crippen LogP contribution in [0.25, 0.3) is 0 Å².